The molecule has 0 atom stereocenters. The van der Waals surface area contributed by atoms with Crippen LogP contribution in [0.2, 0.25) is 0 Å². The third kappa shape index (κ3) is 4.93. The molecule has 0 radical (unpaired) electrons. The fourth-order valence-corrected chi connectivity index (χ4v) is 6.19. The number of rotatable bonds is 6. The van der Waals surface area contributed by atoms with Gasteiger partial charge in [0.25, 0.3) is 0 Å². The van der Waals surface area contributed by atoms with Crippen LogP contribution in [0.4, 0.5) is 0 Å². The van der Waals surface area contributed by atoms with Crippen molar-refractivity contribution in [2.45, 2.75) is 0 Å². The van der Waals surface area contributed by atoms with Gasteiger partial charge in [-0.2, -0.15) is 0 Å². The van der Waals surface area contributed by atoms with Crippen LogP contribution < -0.4 is 0 Å². The van der Waals surface area contributed by atoms with Crippen molar-refractivity contribution < 1.29 is 0 Å². The standard InChI is InChI=1S/C32H20N6S2/c1-3-25(17-33-11-1)27-15-23(9-13-35-27)31-37-19-29(39-31)21-5-7-22(8-6-21)30-20-38-32(40-30)24-10-14-36-28(16-24)26-4-2-12-34-18-26/h1-20H. The van der Waals surface area contributed by atoms with Crippen LogP contribution in [0.1, 0.15) is 0 Å². The molecule has 7 aromatic rings. The van der Waals surface area contributed by atoms with E-state index in [1.807, 2.05) is 73.6 Å². The van der Waals surface area contributed by atoms with Gasteiger partial charge in [0.15, 0.2) is 0 Å². The molecule has 40 heavy (non-hydrogen) atoms. The highest BCUT2D eigenvalue weighted by Crippen LogP contribution is 2.36. The van der Waals surface area contributed by atoms with Crippen LogP contribution in [0.5, 0.6) is 0 Å². The van der Waals surface area contributed by atoms with Crippen LogP contribution in [0, 0.1) is 0 Å². The van der Waals surface area contributed by atoms with Crippen LogP contribution in [0.25, 0.3) is 64.5 Å². The monoisotopic (exact) mass is 552 g/mol. The quantitative estimate of drug-likeness (QED) is 0.207. The van der Waals surface area contributed by atoms with Gasteiger partial charge < -0.3 is 0 Å². The number of thiazole rings is 2. The molecule has 0 aliphatic heterocycles. The number of aromatic nitrogens is 6. The summed E-state index contributed by atoms with van der Waals surface area (Å²) in [5, 5.41) is 1.92. The van der Waals surface area contributed by atoms with Gasteiger partial charge in [0.05, 0.1) is 21.1 Å². The second-order valence-corrected chi connectivity index (χ2v) is 11.0. The zero-order valence-electron chi connectivity index (χ0n) is 21.0. The summed E-state index contributed by atoms with van der Waals surface area (Å²) in [5.41, 5.74) is 8.10. The van der Waals surface area contributed by atoms with Crippen LogP contribution in [0.3, 0.4) is 0 Å². The smallest absolute Gasteiger partial charge is 0.124 e. The zero-order valence-corrected chi connectivity index (χ0v) is 22.7. The van der Waals surface area contributed by atoms with Crippen molar-refractivity contribution in [2.24, 2.45) is 0 Å². The Morgan fingerprint density at radius 3 is 1.30 bits per heavy atom. The molecule has 0 amide bonds. The van der Waals surface area contributed by atoms with Gasteiger partial charge in [0.2, 0.25) is 0 Å². The summed E-state index contributed by atoms with van der Waals surface area (Å²) in [6.07, 6.45) is 14.7. The Balaban J connectivity index is 1.11. The summed E-state index contributed by atoms with van der Waals surface area (Å²) in [4.78, 5) is 29.1. The van der Waals surface area contributed by atoms with Gasteiger partial charge in [-0.1, -0.05) is 24.3 Å². The molecule has 0 saturated carbocycles. The van der Waals surface area contributed by atoms with Crippen molar-refractivity contribution in [3.05, 3.63) is 122 Å². The predicted molar refractivity (Wildman–Crippen MR) is 162 cm³/mol. The van der Waals surface area contributed by atoms with E-state index >= 15 is 0 Å². The number of nitrogens with zero attached hydrogens (tertiary/aromatic N) is 6. The summed E-state index contributed by atoms with van der Waals surface area (Å²) < 4.78 is 0. The molecular weight excluding hydrogens is 533 g/mol. The van der Waals surface area contributed by atoms with Crippen molar-refractivity contribution in [3.8, 4) is 64.5 Å². The first-order chi connectivity index (χ1) is 19.8. The Kier molecular flexibility index (Phi) is 6.45. The lowest BCUT2D eigenvalue weighted by Crippen LogP contribution is -1.85. The Bertz CT molecular complexity index is 1760. The molecule has 0 bridgehead atoms. The van der Waals surface area contributed by atoms with Gasteiger partial charge in [-0.25, -0.2) is 9.97 Å². The molecule has 0 aliphatic rings. The van der Waals surface area contributed by atoms with Gasteiger partial charge in [-0.05, 0) is 59.7 Å². The minimum atomic E-state index is 0.885. The average molecular weight is 553 g/mol. The number of hydrogen-bond acceptors (Lipinski definition) is 8. The Hall–Kier alpha value is -4.92. The SMILES string of the molecule is c1cncc(-c2cc(-c3ncc(-c4ccc(-c5cnc(-c6ccnc(-c7cccnc7)c6)s5)cc4)s3)ccn2)c1. The predicted octanol–water partition coefficient (Wildman–Crippen LogP) is 8.18. The molecule has 0 saturated heterocycles. The van der Waals surface area contributed by atoms with E-state index in [2.05, 4.69) is 56.3 Å². The topological polar surface area (TPSA) is 77.3 Å². The van der Waals surface area contributed by atoms with Crippen LogP contribution in [-0.2, 0) is 0 Å². The van der Waals surface area contributed by atoms with E-state index in [0.717, 1.165) is 64.5 Å². The van der Waals surface area contributed by atoms with Gasteiger partial charge in [0.1, 0.15) is 10.0 Å². The summed E-state index contributed by atoms with van der Waals surface area (Å²) in [7, 11) is 0. The van der Waals surface area contributed by atoms with E-state index in [1.54, 1.807) is 35.1 Å². The average Bonchev–Trinajstić information content (AvgIpc) is 3.74. The molecule has 0 unspecified atom stereocenters. The molecule has 6 nitrogen and oxygen atoms in total. The highest BCUT2D eigenvalue weighted by atomic mass is 32.1. The molecular formula is C32H20N6S2. The van der Waals surface area contributed by atoms with E-state index in [4.69, 9.17) is 9.97 Å². The van der Waals surface area contributed by atoms with Crippen LogP contribution >= 0.6 is 22.7 Å². The second-order valence-electron chi connectivity index (χ2n) is 8.98. The Morgan fingerprint density at radius 2 is 0.875 bits per heavy atom. The third-order valence-electron chi connectivity index (χ3n) is 6.39. The minimum Gasteiger partial charge on any atom is -0.264 e. The number of pyridine rings is 4. The number of benzene rings is 1. The third-order valence-corrected chi connectivity index (χ3v) is 8.58. The van der Waals surface area contributed by atoms with Crippen LogP contribution in [-0.4, -0.2) is 29.9 Å². The molecule has 190 valence electrons. The van der Waals surface area contributed by atoms with Crippen molar-refractivity contribution in [3.63, 3.8) is 0 Å². The zero-order chi connectivity index (χ0) is 26.7. The first-order valence-electron chi connectivity index (χ1n) is 12.6. The summed E-state index contributed by atoms with van der Waals surface area (Å²) >= 11 is 3.34. The van der Waals surface area contributed by atoms with Crippen LogP contribution in [0.15, 0.2) is 122 Å². The fraction of sp³-hybridized carbons (Fsp3) is 0. The molecule has 0 N–H and O–H groups in total. The summed E-state index contributed by atoms with van der Waals surface area (Å²) in [6.45, 7) is 0. The molecule has 8 heteroatoms. The van der Waals surface area contributed by atoms with Crippen molar-refractivity contribution in [2.75, 3.05) is 0 Å². The van der Waals surface area contributed by atoms with E-state index in [1.165, 1.54) is 0 Å². The maximum absolute atomic E-state index is 4.70. The first kappa shape index (κ1) is 24.1. The maximum Gasteiger partial charge on any atom is 0.124 e. The molecule has 7 rings (SSSR count). The van der Waals surface area contributed by atoms with Gasteiger partial charge >= 0.3 is 0 Å². The molecule has 0 fully saturated rings. The number of hydrogen-bond donors (Lipinski definition) is 0. The van der Waals surface area contributed by atoms with Gasteiger partial charge in [0, 0.05) is 71.8 Å². The summed E-state index contributed by atoms with van der Waals surface area (Å²) in [5.74, 6) is 0. The lowest BCUT2D eigenvalue weighted by Gasteiger charge is -2.02. The van der Waals surface area contributed by atoms with E-state index in [-0.39, 0.29) is 0 Å². The van der Waals surface area contributed by atoms with E-state index in [9.17, 15) is 0 Å². The molecule has 0 aliphatic carbocycles. The maximum atomic E-state index is 4.70. The van der Waals surface area contributed by atoms with E-state index in [0.29, 0.717) is 0 Å². The largest absolute Gasteiger partial charge is 0.264 e. The minimum absolute atomic E-state index is 0.885. The second kappa shape index (κ2) is 10.7. The lowest BCUT2D eigenvalue weighted by molar-refractivity contribution is 1.27. The van der Waals surface area contributed by atoms with Crippen molar-refractivity contribution >= 4 is 22.7 Å². The molecule has 6 heterocycles. The first-order valence-corrected chi connectivity index (χ1v) is 14.2. The lowest BCUT2D eigenvalue weighted by atomic mass is 10.1. The normalized spacial score (nSPS) is 11.0. The fourth-order valence-electron chi connectivity index (χ4n) is 4.35. The molecule has 0 spiro atoms. The highest BCUT2D eigenvalue weighted by Gasteiger charge is 2.12. The van der Waals surface area contributed by atoms with Crippen molar-refractivity contribution in [1.82, 2.24) is 29.9 Å². The Morgan fingerprint density at radius 1 is 0.400 bits per heavy atom. The van der Waals surface area contributed by atoms with Gasteiger partial charge in [-0.3, -0.25) is 19.9 Å². The van der Waals surface area contributed by atoms with E-state index < -0.39 is 0 Å². The summed E-state index contributed by atoms with van der Waals surface area (Å²) in [6, 6.07) is 24.6. The highest BCUT2D eigenvalue weighted by molar-refractivity contribution is 7.18. The Labute approximate surface area is 238 Å². The van der Waals surface area contributed by atoms with Gasteiger partial charge in [-0.15, -0.1) is 22.7 Å². The van der Waals surface area contributed by atoms with Crippen molar-refractivity contribution in [1.29, 1.82) is 0 Å². The molecule has 6 aromatic heterocycles. The molecule has 1 aromatic carbocycles.